The summed E-state index contributed by atoms with van der Waals surface area (Å²) in [5.41, 5.74) is 1.52. The second kappa shape index (κ2) is 9.52. The average Bonchev–Trinajstić information content (AvgIpc) is 3.36. The van der Waals surface area contributed by atoms with Gasteiger partial charge in [0.25, 0.3) is 11.8 Å². The lowest BCUT2D eigenvalue weighted by Crippen LogP contribution is -2.44. The van der Waals surface area contributed by atoms with Gasteiger partial charge in [-0.2, -0.15) is 5.10 Å². The number of hydrogen-bond acceptors (Lipinski definition) is 6. The number of aliphatic imine (C=N–C) groups is 1. The smallest absolute Gasteiger partial charge is 0.270 e. The van der Waals surface area contributed by atoms with Crippen molar-refractivity contribution in [1.29, 1.82) is 0 Å². The Morgan fingerprint density at radius 2 is 2.03 bits per heavy atom. The first-order valence-corrected chi connectivity index (χ1v) is 11.0. The number of hydrogen-bond donors (Lipinski definition) is 2. The number of amides is 2. The maximum absolute atomic E-state index is 12.8. The lowest BCUT2D eigenvalue weighted by Gasteiger charge is -2.30. The van der Waals surface area contributed by atoms with E-state index in [1.54, 1.807) is 19.1 Å². The van der Waals surface area contributed by atoms with Crippen molar-refractivity contribution >= 4 is 17.6 Å². The van der Waals surface area contributed by atoms with Gasteiger partial charge in [0.1, 0.15) is 5.69 Å². The zero-order valence-electron chi connectivity index (χ0n) is 18.6. The Bertz CT molecular complexity index is 998. The van der Waals surface area contributed by atoms with Crippen LogP contribution in [0.5, 0.6) is 0 Å². The first kappa shape index (κ1) is 22.0. The lowest BCUT2D eigenvalue weighted by molar-refractivity contribution is 0.0647. The number of amidine groups is 1. The molecule has 1 fully saturated rings. The van der Waals surface area contributed by atoms with Crippen molar-refractivity contribution in [3.8, 4) is 0 Å². The van der Waals surface area contributed by atoms with E-state index in [1.165, 1.54) is 16.4 Å². The van der Waals surface area contributed by atoms with Gasteiger partial charge in [0, 0.05) is 46.8 Å². The Labute approximate surface area is 187 Å². The first-order chi connectivity index (χ1) is 15.5. The molecule has 2 aromatic rings. The molecule has 1 atom stereocenters. The summed E-state index contributed by atoms with van der Waals surface area (Å²) in [7, 11) is 3.37. The number of nitrogens with zero attached hydrogens (tertiary/aromatic N) is 4. The third-order valence-electron chi connectivity index (χ3n) is 6.16. The van der Waals surface area contributed by atoms with E-state index >= 15 is 0 Å². The van der Waals surface area contributed by atoms with Crippen LogP contribution in [0.4, 0.5) is 0 Å². The highest BCUT2D eigenvalue weighted by molar-refractivity contribution is 6.06. The largest absolute Gasteiger partial charge is 0.385 e. The van der Waals surface area contributed by atoms with Gasteiger partial charge in [-0.3, -0.25) is 19.3 Å². The number of ether oxygens (including phenoxy) is 1. The molecule has 1 aromatic heterocycles. The summed E-state index contributed by atoms with van der Waals surface area (Å²) in [5, 5.41) is 10.6. The van der Waals surface area contributed by atoms with Gasteiger partial charge in [-0.1, -0.05) is 30.3 Å². The van der Waals surface area contributed by atoms with Crippen molar-refractivity contribution in [1.82, 2.24) is 25.3 Å². The molecule has 9 nitrogen and oxygen atoms in total. The Balaban J connectivity index is 1.36. The highest BCUT2D eigenvalue weighted by atomic mass is 16.5. The molecule has 0 saturated carbocycles. The maximum Gasteiger partial charge on any atom is 0.270 e. The maximum atomic E-state index is 12.8. The summed E-state index contributed by atoms with van der Waals surface area (Å²) in [6, 6.07) is 10.2. The Hall–Kier alpha value is -3.20. The van der Waals surface area contributed by atoms with Crippen LogP contribution in [0, 0.1) is 0 Å². The molecule has 0 bridgehead atoms. The predicted octanol–water partition coefficient (Wildman–Crippen LogP) is 1.32. The number of aromatic nitrogens is 2. The molecular formula is C23H30N6O3. The van der Waals surface area contributed by atoms with E-state index in [4.69, 9.17) is 9.73 Å². The standard InChI is InChI=1S/C23H30N6O3/c1-28-20(18(15-26-28)22(31)29-12-6-13-29)21(30)24-11-9-19-25-16-23(27-19,10-14-32-2)17-7-4-3-5-8-17/h3-5,7-8,15H,6,9-14,16H2,1-2H3,(H,24,30)(H,25,27). The van der Waals surface area contributed by atoms with Crippen molar-refractivity contribution in [3.63, 3.8) is 0 Å². The highest BCUT2D eigenvalue weighted by Gasteiger charge is 2.36. The minimum atomic E-state index is -0.304. The van der Waals surface area contributed by atoms with Crippen LogP contribution in [0.1, 0.15) is 45.7 Å². The molecule has 0 radical (unpaired) electrons. The zero-order chi connectivity index (χ0) is 22.6. The summed E-state index contributed by atoms with van der Waals surface area (Å²) in [6.07, 6.45) is 3.84. The number of carbonyl (C=O) groups is 2. The number of carbonyl (C=O) groups excluding carboxylic acids is 2. The van der Waals surface area contributed by atoms with Gasteiger partial charge in [0.2, 0.25) is 0 Å². The first-order valence-electron chi connectivity index (χ1n) is 11.0. The number of nitrogens with one attached hydrogen (secondary N) is 2. The molecule has 2 aliphatic rings. The number of rotatable bonds is 9. The van der Waals surface area contributed by atoms with Gasteiger partial charge in [-0.05, 0) is 18.4 Å². The number of methoxy groups -OCH3 is 1. The molecule has 2 amide bonds. The zero-order valence-corrected chi connectivity index (χ0v) is 18.6. The molecule has 0 spiro atoms. The summed E-state index contributed by atoms with van der Waals surface area (Å²) in [4.78, 5) is 31.9. The number of aryl methyl sites for hydroxylation is 1. The topological polar surface area (TPSA) is 101 Å². The summed E-state index contributed by atoms with van der Waals surface area (Å²) in [6.45, 7) is 3.11. The van der Waals surface area contributed by atoms with Crippen LogP contribution in [0.15, 0.2) is 41.5 Å². The van der Waals surface area contributed by atoms with Gasteiger partial charge < -0.3 is 20.3 Å². The molecule has 1 saturated heterocycles. The fourth-order valence-corrected chi connectivity index (χ4v) is 4.14. The van der Waals surface area contributed by atoms with E-state index in [2.05, 4.69) is 27.9 Å². The third-order valence-corrected chi connectivity index (χ3v) is 6.16. The van der Waals surface area contributed by atoms with E-state index in [0.29, 0.717) is 37.4 Å². The normalized spacial score (nSPS) is 19.8. The van der Waals surface area contributed by atoms with Crippen molar-refractivity contribution in [3.05, 3.63) is 53.3 Å². The van der Waals surface area contributed by atoms with Gasteiger partial charge in [-0.15, -0.1) is 0 Å². The monoisotopic (exact) mass is 438 g/mol. The van der Waals surface area contributed by atoms with Gasteiger partial charge >= 0.3 is 0 Å². The molecule has 1 aromatic carbocycles. The quantitative estimate of drug-likeness (QED) is 0.615. The second-order valence-electron chi connectivity index (χ2n) is 8.26. The second-order valence-corrected chi connectivity index (χ2v) is 8.26. The fraction of sp³-hybridized carbons (Fsp3) is 0.478. The van der Waals surface area contributed by atoms with E-state index in [0.717, 1.165) is 31.8 Å². The van der Waals surface area contributed by atoms with Crippen molar-refractivity contribution < 1.29 is 14.3 Å². The van der Waals surface area contributed by atoms with Crippen LogP contribution >= 0.6 is 0 Å². The molecule has 0 aliphatic carbocycles. The van der Waals surface area contributed by atoms with Gasteiger partial charge in [0.05, 0.1) is 29.7 Å². The van der Waals surface area contributed by atoms with Crippen molar-refractivity contribution in [2.24, 2.45) is 12.0 Å². The summed E-state index contributed by atoms with van der Waals surface area (Å²) >= 11 is 0. The molecule has 170 valence electrons. The average molecular weight is 439 g/mol. The summed E-state index contributed by atoms with van der Waals surface area (Å²) in [5.74, 6) is 0.412. The molecule has 32 heavy (non-hydrogen) atoms. The van der Waals surface area contributed by atoms with E-state index in [9.17, 15) is 9.59 Å². The van der Waals surface area contributed by atoms with Gasteiger partial charge in [-0.25, -0.2) is 0 Å². The molecule has 3 heterocycles. The number of likely N-dealkylation sites (tertiary alicyclic amines) is 1. The van der Waals surface area contributed by atoms with Crippen LogP contribution in [0.25, 0.3) is 0 Å². The van der Waals surface area contributed by atoms with Crippen LogP contribution < -0.4 is 10.6 Å². The molecule has 4 rings (SSSR count). The Kier molecular flexibility index (Phi) is 6.55. The van der Waals surface area contributed by atoms with E-state index in [-0.39, 0.29) is 17.4 Å². The van der Waals surface area contributed by atoms with Gasteiger partial charge in [0.15, 0.2) is 0 Å². The minimum absolute atomic E-state index is 0.137. The number of benzene rings is 1. The van der Waals surface area contributed by atoms with Crippen molar-refractivity contribution in [2.45, 2.75) is 24.8 Å². The van der Waals surface area contributed by atoms with E-state index < -0.39 is 0 Å². The Morgan fingerprint density at radius 1 is 1.25 bits per heavy atom. The third kappa shape index (κ3) is 4.38. The Morgan fingerprint density at radius 3 is 2.72 bits per heavy atom. The SMILES string of the molecule is COCCC1(c2ccccc2)CN=C(CCNC(=O)c2c(C(=O)N3CCC3)cnn2C)N1. The van der Waals surface area contributed by atoms with Crippen LogP contribution in [-0.4, -0.2) is 72.2 Å². The van der Waals surface area contributed by atoms with Crippen LogP contribution in [0.2, 0.25) is 0 Å². The predicted molar refractivity (Wildman–Crippen MR) is 121 cm³/mol. The van der Waals surface area contributed by atoms with E-state index in [1.807, 2.05) is 18.2 Å². The molecule has 2 N–H and O–H groups in total. The van der Waals surface area contributed by atoms with Crippen LogP contribution in [-0.2, 0) is 17.3 Å². The molecule has 2 aliphatic heterocycles. The van der Waals surface area contributed by atoms with Crippen LogP contribution in [0.3, 0.4) is 0 Å². The highest BCUT2D eigenvalue weighted by Crippen LogP contribution is 2.29. The molecular weight excluding hydrogens is 408 g/mol. The molecule has 9 heteroatoms. The fourth-order valence-electron chi connectivity index (χ4n) is 4.14. The lowest BCUT2D eigenvalue weighted by atomic mass is 9.87. The minimum Gasteiger partial charge on any atom is -0.385 e. The summed E-state index contributed by atoms with van der Waals surface area (Å²) < 4.78 is 6.78. The van der Waals surface area contributed by atoms with Crippen molar-refractivity contribution in [2.75, 3.05) is 39.9 Å². The molecule has 1 unspecified atom stereocenters.